The van der Waals surface area contributed by atoms with Gasteiger partial charge in [0.05, 0.1) is 0 Å². The van der Waals surface area contributed by atoms with Gasteiger partial charge in [0.15, 0.2) is 0 Å². The van der Waals surface area contributed by atoms with Crippen LogP contribution in [0, 0.1) is 0 Å². The van der Waals surface area contributed by atoms with Crippen molar-refractivity contribution in [2.45, 2.75) is 25.4 Å². The Hall–Kier alpha value is -3.48. The molecule has 0 bridgehead atoms. The fourth-order valence-corrected chi connectivity index (χ4v) is 3.28. The predicted octanol–water partition coefficient (Wildman–Crippen LogP) is 3.09. The normalized spacial score (nSPS) is 19.4. The maximum absolute atomic E-state index is 13.1. The van der Waals surface area contributed by atoms with Crippen molar-refractivity contribution in [3.8, 4) is 11.5 Å². The molecule has 7 heteroatoms. The highest BCUT2D eigenvalue weighted by atomic mass is 16.4. The summed E-state index contributed by atoms with van der Waals surface area (Å²) in [6, 6.07) is 18.1. The van der Waals surface area contributed by atoms with Crippen LogP contribution in [0.5, 0.6) is 0 Å². The molecule has 136 valence electrons. The SMILES string of the molecule is CCC1(c2ccccc2)NC(=O)N(Cc2nnc(-c3ccccc3)o2)C1=O. The molecule has 1 aliphatic rings. The van der Waals surface area contributed by atoms with E-state index in [-0.39, 0.29) is 18.3 Å². The minimum Gasteiger partial charge on any atom is -0.419 e. The molecule has 4 rings (SSSR count). The van der Waals surface area contributed by atoms with Crippen LogP contribution in [0.4, 0.5) is 4.79 Å². The van der Waals surface area contributed by atoms with E-state index in [4.69, 9.17) is 4.42 Å². The Labute approximate surface area is 156 Å². The summed E-state index contributed by atoms with van der Waals surface area (Å²) in [5.74, 6) is 0.237. The van der Waals surface area contributed by atoms with Crippen LogP contribution in [0.1, 0.15) is 24.8 Å². The van der Waals surface area contributed by atoms with Crippen molar-refractivity contribution in [1.82, 2.24) is 20.4 Å². The molecule has 1 aliphatic heterocycles. The second-order valence-corrected chi connectivity index (χ2v) is 6.31. The van der Waals surface area contributed by atoms with Gasteiger partial charge in [-0.3, -0.25) is 9.69 Å². The minimum absolute atomic E-state index is 0.0704. The van der Waals surface area contributed by atoms with Gasteiger partial charge in [0.2, 0.25) is 11.8 Å². The van der Waals surface area contributed by atoms with E-state index in [2.05, 4.69) is 15.5 Å². The van der Waals surface area contributed by atoms with Gasteiger partial charge < -0.3 is 9.73 Å². The first-order valence-corrected chi connectivity index (χ1v) is 8.71. The van der Waals surface area contributed by atoms with E-state index in [0.717, 1.165) is 16.0 Å². The second-order valence-electron chi connectivity index (χ2n) is 6.31. The van der Waals surface area contributed by atoms with Crippen LogP contribution < -0.4 is 5.32 Å². The van der Waals surface area contributed by atoms with E-state index >= 15 is 0 Å². The van der Waals surface area contributed by atoms with Gasteiger partial charge in [-0.05, 0) is 24.1 Å². The van der Waals surface area contributed by atoms with E-state index in [1.54, 1.807) is 0 Å². The van der Waals surface area contributed by atoms with Crippen molar-refractivity contribution in [2.24, 2.45) is 0 Å². The summed E-state index contributed by atoms with van der Waals surface area (Å²) in [5, 5.41) is 10.8. The Morgan fingerprint density at radius 3 is 2.33 bits per heavy atom. The summed E-state index contributed by atoms with van der Waals surface area (Å²) < 4.78 is 5.64. The summed E-state index contributed by atoms with van der Waals surface area (Å²) in [6.45, 7) is 1.80. The Morgan fingerprint density at radius 2 is 1.67 bits per heavy atom. The summed E-state index contributed by atoms with van der Waals surface area (Å²) in [4.78, 5) is 26.7. The number of nitrogens with zero attached hydrogens (tertiary/aromatic N) is 3. The third kappa shape index (κ3) is 2.87. The van der Waals surface area contributed by atoms with Gasteiger partial charge in [0, 0.05) is 5.56 Å². The zero-order chi connectivity index (χ0) is 18.9. The lowest BCUT2D eigenvalue weighted by Gasteiger charge is -2.25. The standard InChI is InChI=1S/C20H18N4O3/c1-2-20(15-11-7-4-8-12-15)18(25)24(19(26)21-20)13-16-22-23-17(27-16)14-9-5-3-6-10-14/h3-12H,2,13H2,1H3,(H,21,26). The molecule has 7 nitrogen and oxygen atoms in total. The molecule has 1 fully saturated rings. The van der Waals surface area contributed by atoms with Gasteiger partial charge in [-0.15, -0.1) is 10.2 Å². The lowest BCUT2D eigenvalue weighted by atomic mass is 9.87. The summed E-state index contributed by atoms with van der Waals surface area (Å²) >= 11 is 0. The van der Waals surface area contributed by atoms with Crippen LogP contribution in [-0.2, 0) is 16.9 Å². The Morgan fingerprint density at radius 1 is 1.00 bits per heavy atom. The molecular formula is C20H18N4O3. The smallest absolute Gasteiger partial charge is 0.325 e. The summed E-state index contributed by atoms with van der Waals surface area (Å²) in [7, 11) is 0. The maximum Gasteiger partial charge on any atom is 0.325 e. The van der Waals surface area contributed by atoms with Gasteiger partial charge in [-0.2, -0.15) is 0 Å². The van der Waals surface area contributed by atoms with Gasteiger partial charge >= 0.3 is 6.03 Å². The van der Waals surface area contributed by atoms with Gasteiger partial charge in [-0.1, -0.05) is 55.5 Å². The van der Waals surface area contributed by atoms with Gasteiger partial charge in [0.1, 0.15) is 12.1 Å². The molecule has 3 aromatic rings. The zero-order valence-corrected chi connectivity index (χ0v) is 14.8. The third-order valence-corrected chi connectivity index (χ3v) is 4.75. The monoisotopic (exact) mass is 362 g/mol. The average molecular weight is 362 g/mol. The highest BCUT2D eigenvalue weighted by molar-refractivity contribution is 6.07. The molecule has 3 amide bonds. The van der Waals surface area contributed by atoms with Crippen LogP contribution in [0.3, 0.4) is 0 Å². The highest BCUT2D eigenvalue weighted by Crippen LogP contribution is 2.33. The number of imide groups is 1. The van der Waals surface area contributed by atoms with Crippen molar-refractivity contribution in [1.29, 1.82) is 0 Å². The molecule has 1 atom stereocenters. The van der Waals surface area contributed by atoms with E-state index in [1.807, 2.05) is 67.6 Å². The fraction of sp³-hybridized carbons (Fsp3) is 0.200. The number of amides is 3. The number of nitrogens with one attached hydrogen (secondary N) is 1. The molecule has 0 radical (unpaired) electrons. The first-order valence-electron chi connectivity index (χ1n) is 8.71. The predicted molar refractivity (Wildman–Crippen MR) is 97.2 cm³/mol. The van der Waals surface area contributed by atoms with Crippen molar-refractivity contribution < 1.29 is 14.0 Å². The number of hydrogen-bond donors (Lipinski definition) is 1. The molecule has 2 aromatic carbocycles. The molecular weight excluding hydrogens is 344 g/mol. The van der Waals surface area contributed by atoms with Crippen LogP contribution >= 0.6 is 0 Å². The summed E-state index contributed by atoms with van der Waals surface area (Å²) in [6.07, 6.45) is 0.442. The molecule has 2 heterocycles. The van der Waals surface area contributed by atoms with Crippen molar-refractivity contribution >= 4 is 11.9 Å². The van der Waals surface area contributed by atoms with Crippen LogP contribution in [0.25, 0.3) is 11.5 Å². The van der Waals surface area contributed by atoms with Crippen molar-refractivity contribution in [3.05, 3.63) is 72.1 Å². The third-order valence-electron chi connectivity index (χ3n) is 4.75. The van der Waals surface area contributed by atoms with Gasteiger partial charge in [-0.25, -0.2) is 4.79 Å². The lowest BCUT2D eigenvalue weighted by Crippen LogP contribution is -2.43. The molecule has 0 saturated carbocycles. The van der Waals surface area contributed by atoms with Crippen LogP contribution in [0.15, 0.2) is 65.1 Å². The minimum atomic E-state index is -1.07. The average Bonchev–Trinajstić information content (AvgIpc) is 3.28. The Bertz CT molecular complexity index is 971. The quantitative estimate of drug-likeness (QED) is 0.705. The number of benzene rings is 2. The number of aromatic nitrogens is 2. The van der Waals surface area contributed by atoms with Crippen LogP contribution in [0.2, 0.25) is 0 Å². The molecule has 1 unspecified atom stereocenters. The summed E-state index contributed by atoms with van der Waals surface area (Å²) in [5.41, 5.74) is 0.463. The first-order chi connectivity index (χ1) is 13.1. The molecule has 1 aromatic heterocycles. The Balaban J connectivity index is 1.59. The maximum atomic E-state index is 13.1. The van der Waals surface area contributed by atoms with Crippen molar-refractivity contribution in [2.75, 3.05) is 0 Å². The lowest BCUT2D eigenvalue weighted by molar-refractivity contribution is -0.132. The molecule has 27 heavy (non-hydrogen) atoms. The number of urea groups is 1. The first kappa shape index (κ1) is 17.0. The van der Waals surface area contributed by atoms with E-state index in [0.29, 0.717) is 12.3 Å². The molecule has 0 aliphatic carbocycles. The topological polar surface area (TPSA) is 88.3 Å². The Kier molecular flexibility index (Phi) is 4.19. The molecule has 1 saturated heterocycles. The largest absolute Gasteiger partial charge is 0.419 e. The number of carbonyl (C=O) groups excluding carboxylic acids is 2. The van der Waals surface area contributed by atoms with E-state index in [1.165, 1.54) is 0 Å². The fourth-order valence-electron chi connectivity index (χ4n) is 3.28. The number of carbonyl (C=O) groups is 2. The van der Waals surface area contributed by atoms with E-state index < -0.39 is 11.6 Å². The number of hydrogen-bond acceptors (Lipinski definition) is 5. The van der Waals surface area contributed by atoms with Crippen LogP contribution in [-0.4, -0.2) is 27.0 Å². The molecule has 0 spiro atoms. The number of rotatable bonds is 5. The van der Waals surface area contributed by atoms with Crippen molar-refractivity contribution in [3.63, 3.8) is 0 Å². The molecule has 1 N–H and O–H groups in total. The zero-order valence-electron chi connectivity index (χ0n) is 14.8. The van der Waals surface area contributed by atoms with E-state index in [9.17, 15) is 9.59 Å². The highest BCUT2D eigenvalue weighted by Gasteiger charge is 2.51. The second kappa shape index (κ2) is 6.68. The van der Waals surface area contributed by atoms with Gasteiger partial charge in [0.25, 0.3) is 5.91 Å².